The van der Waals surface area contributed by atoms with Gasteiger partial charge < -0.3 is 9.47 Å². The fourth-order valence-corrected chi connectivity index (χ4v) is 2.38. The van der Waals surface area contributed by atoms with Crippen LogP contribution in [0.15, 0.2) is 52.0 Å². The van der Waals surface area contributed by atoms with Gasteiger partial charge in [-0.3, -0.25) is 4.79 Å². The van der Waals surface area contributed by atoms with Gasteiger partial charge in [-0.1, -0.05) is 15.9 Å². The van der Waals surface area contributed by atoms with Crippen molar-refractivity contribution in [3.63, 3.8) is 0 Å². The first-order chi connectivity index (χ1) is 11.6. The van der Waals surface area contributed by atoms with E-state index in [0.717, 1.165) is 15.8 Å². The van der Waals surface area contributed by atoms with Crippen LogP contribution in [0.3, 0.4) is 0 Å². The van der Waals surface area contributed by atoms with Crippen molar-refractivity contribution in [1.82, 2.24) is 5.43 Å². The molecule has 5 nitrogen and oxygen atoms in total. The average Bonchev–Trinajstić information content (AvgIpc) is 2.58. The first-order valence-electron chi connectivity index (χ1n) is 7.62. The lowest BCUT2D eigenvalue weighted by molar-refractivity contribution is 0.0955. The van der Waals surface area contributed by atoms with Gasteiger partial charge in [0.05, 0.1) is 19.4 Å². The maximum atomic E-state index is 12.1. The molecule has 0 aromatic heterocycles. The van der Waals surface area contributed by atoms with Gasteiger partial charge >= 0.3 is 0 Å². The van der Waals surface area contributed by atoms with Crippen LogP contribution in [-0.4, -0.2) is 25.3 Å². The Hall–Kier alpha value is -2.34. The molecule has 0 saturated carbocycles. The van der Waals surface area contributed by atoms with Crippen molar-refractivity contribution in [2.45, 2.75) is 13.8 Å². The third-order valence-electron chi connectivity index (χ3n) is 3.07. The summed E-state index contributed by atoms with van der Waals surface area (Å²) in [6.07, 6.45) is 1.56. The Kier molecular flexibility index (Phi) is 6.81. The number of amides is 1. The quantitative estimate of drug-likeness (QED) is 0.573. The summed E-state index contributed by atoms with van der Waals surface area (Å²) in [5.41, 5.74) is 3.79. The number of nitrogens with zero attached hydrogens (tertiary/aromatic N) is 1. The summed E-state index contributed by atoms with van der Waals surface area (Å²) in [4.78, 5) is 12.1. The molecule has 1 N–H and O–H groups in total. The number of hydrazone groups is 1. The van der Waals surface area contributed by atoms with E-state index in [1.807, 2.05) is 32.0 Å². The molecule has 2 aromatic carbocycles. The Morgan fingerprint density at radius 3 is 2.50 bits per heavy atom. The highest BCUT2D eigenvalue weighted by Gasteiger charge is 2.05. The van der Waals surface area contributed by atoms with Crippen molar-refractivity contribution < 1.29 is 14.3 Å². The molecule has 0 fully saturated rings. The topological polar surface area (TPSA) is 59.9 Å². The number of hydrogen-bond acceptors (Lipinski definition) is 4. The van der Waals surface area contributed by atoms with Crippen molar-refractivity contribution in [3.8, 4) is 11.5 Å². The number of rotatable bonds is 7. The van der Waals surface area contributed by atoms with Crippen LogP contribution >= 0.6 is 15.9 Å². The third-order valence-corrected chi connectivity index (χ3v) is 3.56. The zero-order valence-corrected chi connectivity index (χ0v) is 15.2. The number of carbonyl (C=O) groups is 1. The Balaban J connectivity index is 2.03. The molecule has 2 aromatic rings. The minimum atomic E-state index is -0.290. The van der Waals surface area contributed by atoms with E-state index in [1.165, 1.54) is 0 Å². The minimum Gasteiger partial charge on any atom is -0.494 e. The third kappa shape index (κ3) is 5.09. The van der Waals surface area contributed by atoms with Gasteiger partial charge in [0.15, 0.2) is 0 Å². The zero-order chi connectivity index (χ0) is 17.4. The SMILES string of the molecule is CCOc1ccc(C(=O)NN=Cc2cc(Br)ccc2OCC)cc1. The van der Waals surface area contributed by atoms with E-state index in [4.69, 9.17) is 9.47 Å². The summed E-state index contributed by atoms with van der Waals surface area (Å²) < 4.78 is 11.8. The summed E-state index contributed by atoms with van der Waals surface area (Å²) in [7, 11) is 0. The van der Waals surface area contributed by atoms with E-state index in [0.29, 0.717) is 24.5 Å². The molecular formula is C18H19BrN2O3. The molecule has 1 amide bonds. The van der Waals surface area contributed by atoms with Crippen LogP contribution in [0, 0.1) is 0 Å². The van der Waals surface area contributed by atoms with Crippen molar-refractivity contribution in [3.05, 3.63) is 58.1 Å². The van der Waals surface area contributed by atoms with Crippen LogP contribution in [0.2, 0.25) is 0 Å². The molecule has 0 aliphatic heterocycles. The predicted molar refractivity (Wildman–Crippen MR) is 98.0 cm³/mol. The zero-order valence-electron chi connectivity index (χ0n) is 13.6. The Morgan fingerprint density at radius 1 is 1.12 bits per heavy atom. The van der Waals surface area contributed by atoms with Gasteiger partial charge in [0.1, 0.15) is 11.5 Å². The number of carbonyl (C=O) groups excluding carboxylic acids is 1. The van der Waals surface area contributed by atoms with Crippen LogP contribution in [0.4, 0.5) is 0 Å². The molecule has 0 aliphatic carbocycles. The highest BCUT2D eigenvalue weighted by atomic mass is 79.9. The highest BCUT2D eigenvalue weighted by molar-refractivity contribution is 9.10. The molecule has 0 aliphatic rings. The predicted octanol–water partition coefficient (Wildman–Crippen LogP) is 4.01. The average molecular weight is 391 g/mol. The molecule has 0 atom stereocenters. The van der Waals surface area contributed by atoms with Crippen LogP contribution in [0.5, 0.6) is 11.5 Å². The molecule has 24 heavy (non-hydrogen) atoms. The fraction of sp³-hybridized carbons (Fsp3) is 0.222. The summed E-state index contributed by atoms with van der Waals surface area (Å²) in [6, 6.07) is 12.5. The molecule has 0 spiro atoms. The maximum absolute atomic E-state index is 12.1. The lowest BCUT2D eigenvalue weighted by Crippen LogP contribution is -2.17. The van der Waals surface area contributed by atoms with Crippen molar-refractivity contribution >= 4 is 28.1 Å². The molecule has 0 heterocycles. The number of nitrogens with one attached hydrogen (secondary N) is 1. The standard InChI is InChI=1S/C18H19BrN2O3/c1-3-23-16-8-5-13(6-9-16)18(22)21-20-12-14-11-15(19)7-10-17(14)24-4-2/h5-12H,3-4H2,1-2H3,(H,21,22). The minimum absolute atomic E-state index is 0.290. The second-order valence-electron chi connectivity index (χ2n) is 4.77. The first-order valence-corrected chi connectivity index (χ1v) is 8.42. The van der Waals surface area contributed by atoms with Gasteiger partial charge in [-0.25, -0.2) is 5.43 Å². The van der Waals surface area contributed by atoms with Crippen molar-refractivity contribution in [2.75, 3.05) is 13.2 Å². The molecule has 0 unspecified atom stereocenters. The molecule has 0 radical (unpaired) electrons. The van der Waals surface area contributed by atoms with Crippen LogP contribution in [0.25, 0.3) is 0 Å². The lowest BCUT2D eigenvalue weighted by Gasteiger charge is -2.07. The largest absolute Gasteiger partial charge is 0.494 e. The van der Waals surface area contributed by atoms with Crippen LogP contribution < -0.4 is 14.9 Å². The monoisotopic (exact) mass is 390 g/mol. The summed E-state index contributed by atoms with van der Waals surface area (Å²) in [6.45, 7) is 4.97. The maximum Gasteiger partial charge on any atom is 0.271 e. The van der Waals surface area contributed by atoms with Crippen LogP contribution in [0.1, 0.15) is 29.8 Å². The van der Waals surface area contributed by atoms with Gasteiger partial charge in [-0.2, -0.15) is 5.10 Å². The number of halogens is 1. The van der Waals surface area contributed by atoms with Gasteiger partial charge in [0.2, 0.25) is 0 Å². The molecule has 126 valence electrons. The van der Waals surface area contributed by atoms with E-state index in [1.54, 1.807) is 30.5 Å². The van der Waals surface area contributed by atoms with Gasteiger partial charge in [0.25, 0.3) is 5.91 Å². The molecule has 0 bridgehead atoms. The number of hydrogen-bond donors (Lipinski definition) is 1. The Labute approximate surface area is 149 Å². The number of ether oxygens (including phenoxy) is 2. The summed E-state index contributed by atoms with van der Waals surface area (Å²) >= 11 is 3.41. The van der Waals surface area contributed by atoms with E-state index in [9.17, 15) is 4.79 Å². The summed E-state index contributed by atoms with van der Waals surface area (Å²) in [5, 5.41) is 4.00. The number of benzene rings is 2. The normalized spacial score (nSPS) is 10.6. The molecule has 6 heteroatoms. The van der Waals surface area contributed by atoms with Crippen LogP contribution in [-0.2, 0) is 0 Å². The molecular weight excluding hydrogens is 372 g/mol. The van der Waals surface area contributed by atoms with Gasteiger partial charge in [0, 0.05) is 15.6 Å². The molecule has 0 saturated heterocycles. The van der Waals surface area contributed by atoms with E-state index >= 15 is 0 Å². The Morgan fingerprint density at radius 2 is 1.83 bits per heavy atom. The second-order valence-corrected chi connectivity index (χ2v) is 5.69. The summed E-state index contributed by atoms with van der Waals surface area (Å²) in [5.74, 6) is 1.15. The van der Waals surface area contributed by atoms with E-state index in [-0.39, 0.29) is 5.91 Å². The molecule has 2 rings (SSSR count). The van der Waals surface area contributed by atoms with Gasteiger partial charge in [-0.15, -0.1) is 0 Å². The Bertz CT molecular complexity index is 715. The first kappa shape index (κ1) is 18.0. The highest BCUT2D eigenvalue weighted by Crippen LogP contribution is 2.21. The van der Waals surface area contributed by atoms with Crippen molar-refractivity contribution in [1.29, 1.82) is 0 Å². The second kappa shape index (κ2) is 9.08. The van der Waals surface area contributed by atoms with E-state index in [2.05, 4.69) is 26.5 Å². The van der Waals surface area contributed by atoms with Crippen molar-refractivity contribution in [2.24, 2.45) is 5.10 Å². The smallest absolute Gasteiger partial charge is 0.271 e. The van der Waals surface area contributed by atoms with E-state index < -0.39 is 0 Å². The van der Waals surface area contributed by atoms with Gasteiger partial charge in [-0.05, 0) is 56.3 Å². The fourth-order valence-electron chi connectivity index (χ4n) is 2.00. The lowest BCUT2D eigenvalue weighted by atomic mass is 10.2.